The number of unbranched alkanes of at least 4 members (excludes halogenated alkanes) is 1. The van der Waals surface area contributed by atoms with Crippen LogP contribution < -0.4 is 10.3 Å². The number of hydrogen-bond acceptors (Lipinski definition) is 6. The van der Waals surface area contributed by atoms with Crippen molar-refractivity contribution in [3.8, 4) is 5.75 Å². The lowest BCUT2D eigenvalue weighted by Gasteiger charge is -2.21. The molecule has 0 amide bonds. The summed E-state index contributed by atoms with van der Waals surface area (Å²) in [6.07, 6.45) is 4.19. The van der Waals surface area contributed by atoms with E-state index in [0.717, 1.165) is 53.1 Å². The molecule has 0 saturated carbocycles. The standard InChI is InChI=1S/C25H30N2O4S/c1-4-30-25(29)19-11-8-12-20-21(19)22-23(32-20)26-17(3)27(24(22)28)13-5-6-14-31-18-10-7-9-16(2)15-18/h7,9-10,15,19H,4-6,8,11-14H2,1-3H3. The monoisotopic (exact) mass is 454 g/mol. The highest BCUT2D eigenvalue weighted by Gasteiger charge is 2.33. The van der Waals surface area contributed by atoms with E-state index in [2.05, 4.69) is 0 Å². The van der Waals surface area contributed by atoms with Gasteiger partial charge in [0.05, 0.1) is 24.5 Å². The molecule has 3 aromatic rings. The first-order valence-electron chi connectivity index (χ1n) is 11.4. The van der Waals surface area contributed by atoms with E-state index >= 15 is 0 Å². The molecule has 0 radical (unpaired) electrons. The molecule has 2 aromatic heterocycles. The molecule has 32 heavy (non-hydrogen) atoms. The molecular formula is C25H30N2O4S. The number of aromatic nitrogens is 2. The molecule has 7 heteroatoms. The smallest absolute Gasteiger partial charge is 0.313 e. The maximum atomic E-state index is 13.5. The fourth-order valence-electron chi connectivity index (χ4n) is 4.43. The lowest BCUT2D eigenvalue weighted by Crippen LogP contribution is -2.26. The molecule has 2 heterocycles. The Morgan fingerprint density at radius 2 is 2.12 bits per heavy atom. The van der Waals surface area contributed by atoms with Crippen molar-refractivity contribution in [1.82, 2.24) is 9.55 Å². The molecular weight excluding hydrogens is 424 g/mol. The van der Waals surface area contributed by atoms with Crippen LogP contribution in [0.2, 0.25) is 0 Å². The number of benzene rings is 1. The Hall–Kier alpha value is -2.67. The van der Waals surface area contributed by atoms with Gasteiger partial charge in [0.15, 0.2) is 0 Å². The minimum atomic E-state index is -0.360. The van der Waals surface area contributed by atoms with Crippen molar-refractivity contribution in [3.05, 3.63) is 56.4 Å². The molecule has 0 aliphatic heterocycles. The van der Waals surface area contributed by atoms with Gasteiger partial charge in [-0.1, -0.05) is 12.1 Å². The van der Waals surface area contributed by atoms with Crippen molar-refractivity contribution in [2.75, 3.05) is 13.2 Å². The van der Waals surface area contributed by atoms with Crippen LogP contribution in [0.15, 0.2) is 29.1 Å². The van der Waals surface area contributed by atoms with Gasteiger partial charge in [0.25, 0.3) is 5.56 Å². The van der Waals surface area contributed by atoms with E-state index < -0.39 is 0 Å². The number of hydrogen-bond donors (Lipinski definition) is 0. The van der Waals surface area contributed by atoms with E-state index in [0.29, 0.717) is 31.0 Å². The van der Waals surface area contributed by atoms with Gasteiger partial charge < -0.3 is 9.47 Å². The zero-order chi connectivity index (χ0) is 22.7. The molecule has 0 spiro atoms. The number of fused-ring (bicyclic) bond motifs is 3. The summed E-state index contributed by atoms with van der Waals surface area (Å²) in [5.41, 5.74) is 1.99. The van der Waals surface area contributed by atoms with Crippen LogP contribution in [0.1, 0.15) is 60.4 Å². The fourth-order valence-corrected chi connectivity index (χ4v) is 5.74. The van der Waals surface area contributed by atoms with Crippen LogP contribution in [0, 0.1) is 13.8 Å². The number of thiophene rings is 1. The summed E-state index contributed by atoms with van der Waals surface area (Å²) in [6.45, 7) is 7.27. The van der Waals surface area contributed by atoms with Gasteiger partial charge in [-0.05, 0) is 76.1 Å². The zero-order valence-corrected chi connectivity index (χ0v) is 19.8. The third kappa shape index (κ3) is 4.58. The average molecular weight is 455 g/mol. The first-order valence-corrected chi connectivity index (χ1v) is 12.2. The number of carbonyl (C=O) groups excluding carboxylic acids is 1. The third-order valence-corrected chi connectivity index (χ3v) is 7.13. The molecule has 0 fully saturated rings. The SMILES string of the molecule is CCOC(=O)C1CCCc2sc3nc(C)n(CCCCOc4cccc(C)c4)c(=O)c3c21. The molecule has 6 nitrogen and oxygen atoms in total. The van der Waals surface area contributed by atoms with Crippen molar-refractivity contribution < 1.29 is 14.3 Å². The number of nitrogens with zero attached hydrogens (tertiary/aromatic N) is 2. The van der Waals surface area contributed by atoms with Gasteiger partial charge in [-0.2, -0.15) is 0 Å². The summed E-state index contributed by atoms with van der Waals surface area (Å²) in [7, 11) is 0. The normalized spacial score (nSPS) is 15.5. The van der Waals surface area contributed by atoms with E-state index in [1.54, 1.807) is 15.9 Å². The first kappa shape index (κ1) is 22.5. The van der Waals surface area contributed by atoms with Gasteiger partial charge in [0.1, 0.15) is 16.4 Å². The number of ether oxygens (including phenoxy) is 2. The van der Waals surface area contributed by atoms with Gasteiger partial charge in [-0.15, -0.1) is 11.3 Å². The number of carbonyl (C=O) groups is 1. The van der Waals surface area contributed by atoms with Gasteiger partial charge in [0, 0.05) is 11.4 Å². The molecule has 1 aliphatic carbocycles. The van der Waals surface area contributed by atoms with Crippen LogP contribution in [-0.4, -0.2) is 28.7 Å². The number of esters is 1. The van der Waals surface area contributed by atoms with Gasteiger partial charge in [-0.3, -0.25) is 14.2 Å². The Morgan fingerprint density at radius 1 is 1.28 bits per heavy atom. The van der Waals surface area contributed by atoms with Crippen LogP contribution in [-0.2, 0) is 22.5 Å². The Morgan fingerprint density at radius 3 is 2.91 bits per heavy atom. The second-order valence-electron chi connectivity index (χ2n) is 8.30. The van der Waals surface area contributed by atoms with E-state index in [1.807, 2.05) is 45.0 Å². The quantitative estimate of drug-likeness (QED) is 0.357. The summed E-state index contributed by atoms with van der Waals surface area (Å²) in [6, 6.07) is 8.01. The van der Waals surface area contributed by atoms with Gasteiger partial charge >= 0.3 is 5.97 Å². The molecule has 1 unspecified atom stereocenters. The van der Waals surface area contributed by atoms with Crippen LogP contribution in [0.25, 0.3) is 10.2 Å². The number of rotatable bonds is 8. The van der Waals surface area contributed by atoms with Crippen LogP contribution in [0.3, 0.4) is 0 Å². The van der Waals surface area contributed by atoms with Crippen LogP contribution >= 0.6 is 11.3 Å². The van der Waals surface area contributed by atoms with E-state index in [4.69, 9.17) is 14.5 Å². The highest BCUT2D eigenvalue weighted by Crippen LogP contribution is 2.41. The average Bonchev–Trinajstić information content (AvgIpc) is 3.14. The lowest BCUT2D eigenvalue weighted by atomic mass is 9.86. The zero-order valence-electron chi connectivity index (χ0n) is 19.0. The second-order valence-corrected chi connectivity index (χ2v) is 9.39. The Bertz CT molecular complexity index is 1180. The summed E-state index contributed by atoms with van der Waals surface area (Å²) in [5, 5.41) is 0.615. The highest BCUT2D eigenvalue weighted by molar-refractivity contribution is 7.18. The largest absolute Gasteiger partial charge is 0.494 e. The summed E-state index contributed by atoms with van der Waals surface area (Å²) < 4.78 is 12.9. The predicted octanol–water partition coefficient (Wildman–Crippen LogP) is 4.92. The topological polar surface area (TPSA) is 70.4 Å². The molecule has 1 aliphatic rings. The van der Waals surface area contributed by atoms with E-state index in [1.165, 1.54) is 5.56 Å². The highest BCUT2D eigenvalue weighted by atomic mass is 32.1. The third-order valence-electron chi connectivity index (χ3n) is 5.97. The van der Waals surface area contributed by atoms with Crippen molar-refractivity contribution in [1.29, 1.82) is 0 Å². The van der Waals surface area contributed by atoms with Crippen molar-refractivity contribution in [3.63, 3.8) is 0 Å². The maximum absolute atomic E-state index is 13.5. The van der Waals surface area contributed by atoms with Crippen molar-refractivity contribution in [2.45, 2.75) is 65.3 Å². The summed E-state index contributed by atoms with van der Waals surface area (Å²) in [5.74, 6) is 0.999. The fraction of sp³-hybridized carbons (Fsp3) is 0.480. The second kappa shape index (κ2) is 9.86. The molecule has 1 atom stereocenters. The minimum absolute atomic E-state index is 0.0409. The van der Waals surface area contributed by atoms with Crippen molar-refractivity contribution >= 4 is 27.5 Å². The van der Waals surface area contributed by atoms with Gasteiger partial charge in [-0.25, -0.2) is 4.98 Å². The molecule has 1 aromatic carbocycles. The molecule has 0 N–H and O–H groups in total. The van der Waals surface area contributed by atoms with Crippen LogP contribution in [0.4, 0.5) is 0 Å². The lowest BCUT2D eigenvalue weighted by molar-refractivity contribution is -0.145. The Labute approximate surface area is 192 Å². The van der Waals surface area contributed by atoms with E-state index in [-0.39, 0.29) is 17.4 Å². The van der Waals surface area contributed by atoms with Crippen molar-refractivity contribution in [2.24, 2.45) is 0 Å². The molecule has 170 valence electrons. The Kier molecular flexibility index (Phi) is 6.94. The maximum Gasteiger partial charge on any atom is 0.313 e. The summed E-state index contributed by atoms with van der Waals surface area (Å²) in [4.78, 5) is 32.7. The van der Waals surface area contributed by atoms with Gasteiger partial charge in [0.2, 0.25) is 0 Å². The Balaban J connectivity index is 1.52. The molecule has 0 saturated heterocycles. The molecule has 4 rings (SSSR count). The number of aryl methyl sites for hydroxylation is 3. The minimum Gasteiger partial charge on any atom is -0.494 e. The van der Waals surface area contributed by atoms with Crippen LogP contribution in [0.5, 0.6) is 5.75 Å². The first-order chi connectivity index (χ1) is 15.5. The predicted molar refractivity (Wildman–Crippen MR) is 127 cm³/mol. The summed E-state index contributed by atoms with van der Waals surface area (Å²) >= 11 is 1.55. The van der Waals surface area contributed by atoms with E-state index in [9.17, 15) is 9.59 Å². The molecule has 0 bridgehead atoms.